The molecule has 0 aliphatic heterocycles. The third-order valence-electron chi connectivity index (χ3n) is 2.07. The van der Waals surface area contributed by atoms with Gasteiger partial charge in [0, 0.05) is 10.9 Å². The Morgan fingerprint density at radius 1 is 1.32 bits per heavy atom. The summed E-state index contributed by atoms with van der Waals surface area (Å²) in [5.41, 5.74) is 5.32. The minimum absolute atomic E-state index is 0.0179. The summed E-state index contributed by atoms with van der Waals surface area (Å²) in [6.45, 7) is 0.311. The SMILES string of the molecule is Nc1cc(NCc2ccc(Cl)s2)nc(C(F)(F)F)n1. The van der Waals surface area contributed by atoms with Crippen molar-refractivity contribution in [3.63, 3.8) is 0 Å². The second kappa shape index (κ2) is 5.22. The molecule has 0 spiro atoms. The number of nitrogens with two attached hydrogens (primary N) is 1. The molecule has 0 amide bonds. The van der Waals surface area contributed by atoms with Crippen LogP contribution in [0.5, 0.6) is 0 Å². The molecule has 2 rings (SSSR count). The van der Waals surface area contributed by atoms with Crippen LogP contribution >= 0.6 is 22.9 Å². The molecule has 2 aromatic rings. The second-order valence-electron chi connectivity index (χ2n) is 3.56. The van der Waals surface area contributed by atoms with Crippen molar-refractivity contribution in [2.75, 3.05) is 11.1 Å². The van der Waals surface area contributed by atoms with Crippen LogP contribution in [-0.4, -0.2) is 9.97 Å². The summed E-state index contributed by atoms with van der Waals surface area (Å²) in [6.07, 6.45) is -4.63. The van der Waals surface area contributed by atoms with Crippen molar-refractivity contribution in [2.24, 2.45) is 0 Å². The summed E-state index contributed by atoms with van der Waals surface area (Å²) in [6, 6.07) is 4.72. The van der Waals surface area contributed by atoms with Crippen LogP contribution in [-0.2, 0) is 12.7 Å². The summed E-state index contributed by atoms with van der Waals surface area (Å²) in [5, 5.41) is 2.75. The Kier molecular flexibility index (Phi) is 3.81. The molecule has 0 aliphatic rings. The van der Waals surface area contributed by atoms with E-state index < -0.39 is 12.0 Å². The van der Waals surface area contributed by atoms with Gasteiger partial charge in [0.05, 0.1) is 10.9 Å². The van der Waals surface area contributed by atoms with E-state index in [2.05, 4.69) is 15.3 Å². The van der Waals surface area contributed by atoms with E-state index in [1.165, 1.54) is 17.4 Å². The second-order valence-corrected chi connectivity index (χ2v) is 5.36. The molecule has 0 aliphatic carbocycles. The third kappa shape index (κ3) is 3.71. The highest BCUT2D eigenvalue weighted by Gasteiger charge is 2.35. The van der Waals surface area contributed by atoms with E-state index in [1.54, 1.807) is 12.1 Å². The van der Waals surface area contributed by atoms with Crippen molar-refractivity contribution in [1.82, 2.24) is 9.97 Å². The quantitative estimate of drug-likeness (QED) is 0.912. The van der Waals surface area contributed by atoms with Crippen LogP contribution in [0.2, 0.25) is 4.34 Å². The Morgan fingerprint density at radius 2 is 2.05 bits per heavy atom. The molecule has 0 saturated carbocycles. The fourth-order valence-corrected chi connectivity index (χ4v) is 2.34. The van der Waals surface area contributed by atoms with E-state index in [0.29, 0.717) is 10.9 Å². The molecule has 0 unspecified atom stereocenters. The molecule has 0 saturated heterocycles. The van der Waals surface area contributed by atoms with Crippen molar-refractivity contribution in [1.29, 1.82) is 0 Å². The number of halogens is 4. The minimum atomic E-state index is -4.63. The first-order chi connectivity index (χ1) is 8.84. The largest absolute Gasteiger partial charge is 0.451 e. The molecule has 2 heterocycles. The highest BCUT2D eigenvalue weighted by molar-refractivity contribution is 7.16. The van der Waals surface area contributed by atoms with Gasteiger partial charge < -0.3 is 11.1 Å². The van der Waals surface area contributed by atoms with Crippen LogP contribution < -0.4 is 11.1 Å². The van der Waals surface area contributed by atoms with Crippen LogP contribution in [0.3, 0.4) is 0 Å². The van der Waals surface area contributed by atoms with Crippen molar-refractivity contribution >= 4 is 34.6 Å². The lowest BCUT2D eigenvalue weighted by atomic mass is 10.4. The number of nitrogens with zero attached hydrogens (tertiary/aromatic N) is 2. The fourth-order valence-electron chi connectivity index (χ4n) is 1.31. The van der Waals surface area contributed by atoms with Crippen LogP contribution in [0.15, 0.2) is 18.2 Å². The molecular formula is C10H8ClF3N4S. The van der Waals surface area contributed by atoms with Crippen molar-refractivity contribution in [3.05, 3.63) is 33.2 Å². The predicted molar refractivity (Wildman–Crippen MR) is 68.1 cm³/mol. The number of aromatic nitrogens is 2. The Labute approximate surface area is 115 Å². The standard InChI is InChI=1S/C10H8ClF3N4S/c11-6-2-1-5(19-6)4-16-8-3-7(15)17-9(18-8)10(12,13)14/h1-3H,4H2,(H3,15,16,17,18). The van der Waals surface area contributed by atoms with Gasteiger partial charge in [0.1, 0.15) is 11.6 Å². The number of hydrogen-bond acceptors (Lipinski definition) is 5. The molecule has 0 atom stereocenters. The summed E-state index contributed by atoms with van der Waals surface area (Å²) in [7, 11) is 0. The number of hydrogen-bond donors (Lipinski definition) is 2. The van der Waals surface area contributed by atoms with Crippen LogP contribution in [0.1, 0.15) is 10.7 Å². The Morgan fingerprint density at radius 3 is 2.63 bits per heavy atom. The van der Waals surface area contributed by atoms with Gasteiger partial charge in [-0.05, 0) is 12.1 Å². The van der Waals surface area contributed by atoms with Gasteiger partial charge in [-0.2, -0.15) is 13.2 Å². The van der Waals surface area contributed by atoms with Crippen molar-refractivity contribution in [3.8, 4) is 0 Å². The molecule has 0 bridgehead atoms. The molecule has 102 valence electrons. The summed E-state index contributed by atoms with van der Waals surface area (Å²) >= 11 is 7.08. The van der Waals surface area contributed by atoms with E-state index >= 15 is 0 Å². The first-order valence-electron chi connectivity index (χ1n) is 5.04. The average molecular weight is 309 g/mol. The number of nitrogens with one attached hydrogen (secondary N) is 1. The first kappa shape index (κ1) is 13.9. The van der Waals surface area contributed by atoms with E-state index in [4.69, 9.17) is 17.3 Å². The molecule has 2 aromatic heterocycles. The maximum absolute atomic E-state index is 12.5. The number of nitrogen functional groups attached to an aromatic ring is 1. The molecule has 0 aromatic carbocycles. The van der Waals surface area contributed by atoms with Gasteiger partial charge in [0.25, 0.3) is 0 Å². The maximum atomic E-state index is 12.5. The normalized spacial score (nSPS) is 11.6. The predicted octanol–water partition coefficient (Wildman–Crippen LogP) is 3.40. The zero-order valence-corrected chi connectivity index (χ0v) is 10.9. The topological polar surface area (TPSA) is 63.8 Å². The van der Waals surface area contributed by atoms with E-state index in [9.17, 15) is 13.2 Å². The Balaban J connectivity index is 2.14. The fraction of sp³-hybridized carbons (Fsp3) is 0.200. The number of rotatable bonds is 3. The van der Waals surface area contributed by atoms with Crippen LogP contribution in [0.4, 0.5) is 24.8 Å². The van der Waals surface area contributed by atoms with Crippen molar-refractivity contribution < 1.29 is 13.2 Å². The lowest BCUT2D eigenvalue weighted by Gasteiger charge is -2.09. The van der Waals surface area contributed by atoms with Gasteiger partial charge in [-0.3, -0.25) is 0 Å². The molecule has 0 radical (unpaired) electrons. The average Bonchev–Trinajstić information content (AvgIpc) is 2.71. The number of alkyl halides is 3. The monoisotopic (exact) mass is 308 g/mol. The molecule has 3 N–H and O–H groups in total. The van der Waals surface area contributed by atoms with E-state index in [1.807, 2.05) is 0 Å². The zero-order valence-electron chi connectivity index (χ0n) is 9.33. The number of thiophene rings is 1. The lowest BCUT2D eigenvalue weighted by Crippen LogP contribution is -2.14. The van der Waals surface area contributed by atoms with Gasteiger partial charge in [0.2, 0.25) is 5.82 Å². The summed E-state index contributed by atoms with van der Waals surface area (Å²) in [5.74, 6) is -1.49. The smallest absolute Gasteiger partial charge is 0.384 e. The van der Waals surface area contributed by atoms with Gasteiger partial charge >= 0.3 is 6.18 Å². The lowest BCUT2D eigenvalue weighted by molar-refractivity contribution is -0.144. The zero-order chi connectivity index (χ0) is 14.0. The Hall–Kier alpha value is -1.54. The maximum Gasteiger partial charge on any atom is 0.451 e. The minimum Gasteiger partial charge on any atom is -0.384 e. The van der Waals surface area contributed by atoms with Crippen LogP contribution in [0, 0.1) is 0 Å². The van der Waals surface area contributed by atoms with Gasteiger partial charge in [0.15, 0.2) is 0 Å². The third-order valence-corrected chi connectivity index (χ3v) is 3.30. The van der Waals surface area contributed by atoms with Gasteiger partial charge in [-0.15, -0.1) is 11.3 Å². The highest BCUT2D eigenvalue weighted by atomic mass is 35.5. The van der Waals surface area contributed by atoms with Gasteiger partial charge in [-0.25, -0.2) is 9.97 Å². The van der Waals surface area contributed by atoms with Crippen LogP contribution in [0.25, 0.3) is 0 Å². The Bertz CT molecular complexity index is 584. The van der Waals surface area contributed by atoms with E-state index in [0.717, 1.165) is 4.88 Å². The van der Waals surface area contributed by atoms with Crippen molar-refractivity contribution in [2.45, 2.75) is 12.7 Å². The molecule has 4 nitrogen and oxygen atoms in total. The molecule has 9 heteroatoms. The van der Waals surface area contributed by atoms with E-state index in [-0.39, 0.29) is 11.6 Å². The summed E-state index contributed by atoms with van der Waals surface area (Å²) in [4.78, 5) is 7.39. The first-order valence-corrected chi connectivity index (χ1v) is 6.24. The number of anilines is 2. The highest BCUT2D eigenvalue weighted by Crippen LogP contribution is 2.28. The summed E-state index contributed by atoms with van der Waals surface area (Å²) < 4.78 is 38.1. The molecular weight excluding hydrogens is 301 g/mol. The van der Waals surface area contributed by atoms with Gasteiger partial charge in [-0.1, -0.05) is 11.6 Å². The molecule has 0 fully saturated rings. The molecule has 19 heavy (non-hydrogen) atoms.